The van der Waals surface area contributed by atoms with Gasteiger partial charge in [0.05, 0.1) is 0 Å². The highest BCUT2D eigenvalue weighted by Gasteiger charge is 2.32. The fourth-order valence-corrected chi connectivity index (χ4v) is 2.29. The van der Waals surface area contributed by atoms with Gasteiger partial charge in [0.2, 0.25) is 0 Å². The zero-order chi connectivity index (χ0) is 10.8. The Balaban J connectivity index is 1.55. The molecule has 1 unspecified atom stereocenters. The second-order valence-corrected chi connectivity index (χ2v) is 5.32. The van der Waals surface area contributed by atoms with Crippen LogP contribution in [0.3, 0.4) is 0 Å². The van der Waals surface area contributed by atoms with Crippen molar-refractivity contribution in [2.24, 2.45) is 11.8 Å². The minimum Gasteiger partial charge on any atom is -0.313 e. The van der Waals surface area contributed by atoms with Gasteiger partial charge >= 0.3 is 0 Å². The van der Waals surface area contributed by atoms with Crippen LogP contribution in [0, 0.1) is 11.8 Å². The van der Waals surface area contributed by atoms with E-state index >= 15 is 0 Å². The molecular formula is C14H20N2. The van der Waals surface area contributed by atoms with E-state index in [1.807, 2.05) is 12.3 Å². The molecule has 0 aromatic carbocycles. The van der Waals surface area contributed by atoms with E-state index in [-0.39, 0.29) is 0 Å². The van der Waals surface area contributed by atoms with Gasteiger partial charge in [-0.3, -0.25) is 4.98 Å². The SMILES string of the molecule is c1ccc(CC(NCC2CC2)C2CC2)nc1. The highest BCUT2D eigenvalue weighted by atomic mass is 14.9. The third-order valence-electron chi connectivity index (χ3n) is 3.71. The Morgan fingerprint density at radius 2 is 2.12 bits per heavy atom. The fourth-order valence-electron chi connectivity index (χ4n) is 2.29. The van der Waals surface area contributed by atoms with Crippen molar-refractivity contribution in [3.63, 3.8) is 0 Å². The molecule has 0 aliphatic heterocycles. The Bertz CT molecular complexity index is 328. The van der Waals surface area contributed by atoms with E-state index in [0.29, 0.717) is 6.04 Å². The maximum absolute atomic E-state index is 4.43. The molecule has 2 nitrogen and oxygen atoms in total. The third kappa shape index (κ3) is 2.82. The van der Waals surface area contributed by atoms with Gasteiger partial charge in [0, 0.05) is 24.4 Å². The first-order valence-corrected chi connectivity index (χ1v) is 6.55. The Morgan fingerprint density at radius 3 is 2.75 bits per heavy atom. The fraction of sp³-hybridized carbons (Fsp3) is 0.643. The molecular weight excluding hydrogens is 196 g/mol. The summed E-state index contributed by atoms with van der Waals surface area (Å²) in [4.78, 5) is 4.43. The molecule has 2 aliphatic rings. The molecule has 1 aromatic heterocycles. The van der Waals surface area contributed by atoms with Crippen molar-refractivity contribution in [1.82, 2.24) is 10.3 Å². The summed E-state index contributed by atoms with van der Waals surface area (Å²) in [5.41, 5.74) is 1.24. The normalized spacial score (nSPS) is 22.0. The smallest absolute Gasteiger partial charge is 0.0419 e. The molecule has 0 saturated heterocycles. The van der Waals surface area contributed by atoms with Crippen molar-refractivity contribution in [3.05, 3.63) is 30.1 Å². The quantitative estimate of drug-likeness (QED) is 0.790. The van der Waals surface area contributed by atoms with Crippen molar-refractivity contribution in [2.75, 3.05) is 6.54 Å². The molecule has 0 spiro atoms. The van der Waals surface area contributed by atoms with Crippen LogP contribution in [0.15, 0.2) is 24.4 Å². The number of hydrogen-bond acceptors (Lipinski definition) is 2. The van der Waals surface area contributed by atoms with Crippen LogP contribution in [-0.4, -0.2) is 17.6 Å². The minimum atomic E-state index is 0.676. The Kier molecular flexibility index (Phi) is 2.92. The predicted molar refractivity (Wildman–Crippen MR) is 65.2 cm³/mol. The first-order valence-electron chi connectivity index (χ1n) is 6.55. The number of nitrogens with zero attached hydrogens (tertiary/aromatic N) is 1. The summed E-state index contributed by atoms with van der Waals surface area (Å²) >= 11 is 0. The van der Waals surface area contributed by atoms with E-state index in [1.165, 1.54) is 37.9 Å². The van der Waals surface area contributed by atoms with E-state index < -0.39 is 0 Å². The van der Waals surface area contributed by atoms with Crippen LogP contribution < -0.4 is 5.32 Å². The van der Waals surface area contributed by atoms with Crippen LogP contribution in [0.5, 0.6) is 0 Å². The lowest BCUT2D eigenvalue weighted by Gasteiger charge is -2.17. The molecule has 0 bridgehead atoms. The largest absolute Gasteiger partial charge is 0.313 e. The first kappa shape index (κ1) is 10.3. The van der Waals surface area contributed by atoms with Crippen LogP contribution in [-0.2, 0) is 6.42 Å². The molecule has 1 atom stereocenters. The van der Waals surface area contributed by atoms with Gasteiger partial charge in [0.25, 0.3) is 0 Å². The summed E-state index contributed by atoms with van der Waals surface area (Å²) in [5, 5.41) is 3.75. The Hall–Kier alpha value is -0.890. The number of rotatable bonds is 6. The van der Waals surface area contributed by atoms with Gasteiger partial charge in [0.1, 0.15) is 0 Å². The zero-order valence-electron chi connectivity index (χ0n) is 9.73. The van der Waals surface area contributed by atoms with Gasteiger partial charge < -0.3 is 5.32 Å². The summed E-state index contributed by atoms with van der Waals surface area (Å²) in [6, 6.07) is 6.91. The molecule has 2 heteroatoms. The van der Waals surface area contributed by atoms with Crippen molar-refractivity contribution in [3.8, 4) is 0 Å². The van der Waals surface area contributed by atoms with Gasteiger partial charge in [0.15, 0.2) is 0 Å². The van der Waals surface area contributed by atoms with E-state index in [9.17, 15) is 0 Å². The van der Waals surface area contributed by atoms with Crippen LogP contribution >= 0.6 is 0 Å². The monoisotopic (exact) mass is 216 g/mol. The lowest BCUT2D eigenvalue weighted by Crippen LogP contribution is -2.34. The molecule has 2 saturated carbocycles. The predicted octanol–water partition coefficient (Wildman–Crippen LogP) is 2.40. The Labute approximate surface area is 97.5 Å². The van der Waals surface area contributed by atoms with Gasteiger partial charge in [-0.25, -0.2) is 0 Å². The molecule has 16 heavy (non-hydrogen) atoms. The summed E-state index contributed by atoms with van der Waals surface area (Å²) < 4.78 is 0. The topological polar surface area (TPSA) is 24.9 Å². The molecule has 0 radical (unpaired) electrons. The maximum atomic E-state index is 4.43. The molecule has 1 heterocycles. The summed E-state index contributed by atoms with van der Waals surface area (Å²) in [5.74, 6) is 1.89. The third-order valence-corrected chi connectivity index (χ3v) is 3.71. The minimum absolute atomic E-state index is 0.676. The van der Waals surface area contributed by atoms with Crippen LogP contribution in [0.2, 0.25) is 0 Å². The van der Waals surface area contributed by atoms with E-state index in [4.69, 9.17) is 0 Å². The maximum Gasteiger partial charge on any atom is 0.0419 e. The molecule has 3 rings (SSSR count). The number of aromatic nitrogens is 1. The number of hydrogen-bond donors (Lipinski definition) is 1. The van der Waals surface area contributed by atoms with Crippen LogP contribution in [0.1, 0.15) is 31.4 Å². The van der Waals surface area contributed by atoms with E-state index in [2.05, 4.69) is 22.4 Å². The lowest BCUT2D eigenvalue weighted by atomic mass is 10.1. The van der Waals surface area contributed by atoms with Crippen molar-refractivity contribution >= 4 is 0 Å². The van der Waals surface area contributed by atoms with Crippen molar-refractivity contribution in [2.45, 2.75) is 38.1 Å². The molecule has 1 N–H and O–H groups in total. The summed E-state index contributed by atoms with van der Waals surface area (Å²) in [6.07, 6.45) is 8.71. The van der Waals surface area contributed by atoms with Gasteiger partial charge in [-0.2, -0.15) is 0 Å². The average molecular weight is 216 g/mol. The van der Waals surface area contributed by atoms with E-state index in [1.54, 1.807) is 0 Å². The standard InChI is InChI=1S/C14H20N2/c1-2-8-15-13(3-1)9-14(12-6-7-12)16-10-11-4-5-11/h1-3,8,11-12,14,16H,4-7,9-10H2. The highest BCUT2D eigenvalue weighted by Crippen LogP contribution is 2.35. The van der Waals surface area contributed by atoms with Crippen LogP contribution in [0.25, 0.3) is 0 Å². The zero-order valence-corrected chi connectivity index (χ0v) is 9.73. The second kappa shape index (κ2) is 4.54. The number of pyridine rings is 1. The van der Waals surface area contributed by atoms with Gasteiger partial charge in [-0.05, 0) is 56.2 Å². The molecule has 2 fully saturated rings. The molecule has 86 valence electrons. The average Bonchev–Trinajstić information content (AvgIpc) is 3.18. The molecule has 2 aliphatic carbocycles. The summed E-state index contributed by atoms with van der Waals surface area (Å²) in [7, 11) is 0. The van der Waals surface area contributed by atoms with Crippen LogP contribution in [0.4, 0.5) is 0 Å². The summed E-state index contributed by atoms with van der Waals surface area (Å²) in [6.45, 7) is 1.23. The van der Waals surface area contributed by atoms with Gasteiger partial charge in [-0.15, -0.1) is 0 Å². The second-order valence-electron chi connectivity index (χ2n) is 5.32. The Morgan fingerprint density at radius 1 is 1.25 bits per heavy atom. The van der Waals surface area contributed by atoms with E-state index in [0.717, 1.165) is 18.3 Å². The van der Waals surface area contributed by atoms with Crippen molar-refractivity contribution < 1.29 is 0 Å². The number of nitrogens with one attached hydrogen (secondary N) is 1. The highest BCUT2D eigenvalue weighted by molar-refractivity contribution is 5.07. The van der Waals surface area contributed by atoms with Gasteiger partial charge in [-0.1, -0.05) is 6.07 Å². The van der Waals surface area contributed by atoms with Crippen molar-refractivity contribution in [1.29, 1.82) is 0 Å². The molecule has 0 amide bonds. The first-order chi connectivity index (χ1) is 7.92. The molecule has 1 aromatic rings. The lowest BCUT2D eigenvalue weighted by molar-refractivity contribution is 0.446.